The van der Waals surface area contributed by atoms with E-state index in [1.165, 1.54) is 0 Å². The Morgan fingerprint density at radius 3 is 2.35 bits per heavy atom. The predicted molar refractivity (Wildman–Crippen MR) is 96.1 cm³/mol. The van der Waals surface area contributed by atoms with E-state index in [1.54, 1.807) is 55.6 Å². The fourth-order valence-corrected chi connectivity index (χ4v) is 2.44. The van der Waals surface area contributed by atoms with Gasteiger partial charge in [-0.1, -0.05) is 46.9 Å². The van der Waals surface area contributed by atoms with Gasteiger partial charge in [-0.25, -0.2) is 4.79 Å². The average Bonchev–Trinajstić information content (AvgIpc) is 2.51. The molecule has 3 nitrogen and oxygen atoms in total. The van der Waals surface area contributed by atoms with Crippen LogP contribution in [0.25, 0.3) is 5.57 Å². The quantitative estimate of drug-likeness (QED) is 0.545. The Morgan fingerprint density at radius 2 is 1.74 bits per heavy atom. The summed E-state index contributed by atoms with van der Waals surface area (Å²) in [6, 6.07) is 12.0. The van der Waals surface area contributed by atoms with Crippen molar-refractivity contribution in [2.24, 2.45) is 0 Å². The molecule has 0 spiro atoms. The number of rotatable bonds is 5. The Hall–Kier alpha value is -1.68. The van der Waals surface area contributed by atoms with Crippen LogP contribution in [0.5, 0.6) is 0 Å². The van der Waals surface area contributed by atoms with Crippen molar-refractivity contribution in [2.75, 3.05) is 11.9 Å². The molecule has 0 unspecified atom stereocenters. The van der Waals surface area contributed by atoms with E-state index in [9.17, 15) is 4.79 Å². The SMILES string of the molecule is CCOC(=O)/C(=C\Nc1ccc(Cl)cc1Cl)c1ccc(Cl)cc1. The van der Waals surface area contributed by atoms with Crippen molar-refractivity contribution in [1.82, 2.24) is 0 Å². The summed E-state index contributed by atoms with van der Waals surface area (Å²) >= 11 is 17.9. The summed E-state index contributed by atoms with van der Waals surface area (Å²) in [6.45, 7) is 2.03. The second-order valence-electron chi connectivity index (χ2n) is 4.55. The molecule has 23 heavy (non-hydrogen) atoms. The van der Waals surface area contributed by atoms with Crippen molar-refractivity contribution in [3.05, 3.63) is 69.3 Å². The van der Waals surface area contributed by atoms with Crippen molar-refractivity contribution in [1.29, 1.82) is 0 Å². The number of nitrogens with one attached hydrogen (secondary N) is 1. The van der Waals surface area contributed by atoms with Crippen LogP contribution < -0.4 is 5.32 Å². The van der Waals surface area contributed by atoms with Crippen LogP contribution in [0.2, 0.25) is 15.1 Å². The van der Waals surface area contributed by atoms with Gasteiger partial charge in [0.15, 0.2) is 0 Å². The van der Waals surface area contributed by atoms with E-state index < -0.39 is 5.97 Å². The fourth-order valence-electron chi connectivity index (χ4n) is 1.85. The third kappa shape index (κ3) is 4.90. The lowest BCUT2D eigenvalue weighted by Crippen LogP contribution is -2.08. The lowest BCUT2D eigenvalue weighted by atomic mass is 10.1. The van der Waals surface area contributed by atoms with E-state index in [4.69, 9.17) is 39.5 Å². The molecule has 2 aromatic rings. The molecule has 0 bridgehead atoms. The number of hydrogen-bond donors (Lipinski definition) is 1. The molecule has 0 aliphatic heterocycles. The maximum atomic E-state index is 12.2. The molecule has 2 aromatic carbocycles. The second kappa shape index (κ2) is 8.25. The predicted octanol–water partition coefficient (Wildman–Crippen LogP) is 5.66. The summed E-state index contributed by atoms with van der Waals surface area (Å²) in [7, 11) is 0. The van der Waals surface area contributed by atoms with Gasteiger partial charge in [0.1, 0.15) is 0 Å². The summed E-state index contributed by atoms with van der Waals surface area (Å²) in [4.78, 5) is 12.2. The molecule has 2 rings (SSSR count). The third-order valence-corrected chi connectivity index (χ3v) is 3.75. The number of esters is 1. The zero-order chi connectivity index (χ0) is 16.8. The first-order valence-corrected chi connectivity index (χ1v) is 7.99. The van der Waals surface area contributed by atoms with Crippen LogP contribution in [0.3, 0.4) is 0 Å². The minimum absolute atomic E-state index is 0.283. The Balaban J connectivity index is 2.32. The molecule has 0 saturated heterocycles. The van der Waals surface area contributed by atoms with Crippen LogP contribution in [-0.4, -0.2) is 12.6 Å². The van der Waals surface area contributed by atoms with E-state index in [0.29, 0.717) is 31.9 Å². The summed E-state index contributed by atoms with van der Waals surface area (Å²) in [6.07, 6.45) is 1.55. The smallest absolute Gasteiger partial charge is 0.340 e. The van der Waals surface area contributed by atoms with Crippen molar-refractivity contribution >= 4 is 52.0 Å². The molecule has 0 aromatic heterocycles. The van der Waals surface area contributed by atoms with E-state index in [1.807, 2.05) is 0 Å². The lowest BCUT2D eigenvalue weighted by molar-refractivity contribution is -0.136. The van der Waals surface area contributed by atoms with Crippen LogP contribution >= 0.6 is 34.8 Å². The molecule has 1 N–H and O–H groups in total. The average molecular weight is 371 g/mol. The highest BCUT2D eigenvalue weighted by molar-refractivity contribution is 6.36. The molecule has 0 aliphatic carbocycles. The minimum atomic E-state index is -0.438. The van der Waals surface area contributed by atoms with Gasteiger partial charge in [-0.2, -0.15) is 0 Å². The molecule has 0 fully saturated rings. The molecular formula is C17H14Cl3NO2. The molecule has 120 valence electrons. The highest BCUT2D eigenvalue weighted by Crippen LogP contribution is 2.26. The first-order valence-electron chi connectivity index (χ1n) is 6.86. The van der Waals surface area contributed by atoms with Gasteiger partial charge in [-0.05, 0) is 42.8 Å². The number of carbonyl (C=O) groups is 1. The number of ether oxygens (including phenoxy) is 1. The monoisotopic (exact) mass is 369 g/mol. The van der Waals surface area contributed by atoms with Gasteiger partial charge >= 0.3 is 5.97 Å². The normalized spacial score (nSPS) is 11.2. The third-order valence-electron chi connectivity index (χ3n) is 2.95. The number of carbonyl (C=O) groups excluding carboxylic acids is 1. The molecule has 0 radical (unpaired) electrons. The van der Waals surface area contributed by atoms with Gasteiger partial charge in [0.05, 0.1) is 22.9 Å². The van der Waals surface area contributed by atoms with E-state index in [0.717, 1.165) is 0 Å². The van der Waals surface area contributed by atoms with Gasteiger partial charge in [-0.15, -0.1) is 0 Å². The van der Waals surface area contributed by atoms with E-state index in [2.05, 4.69) is 5.32 Å². The summed E-state index contributed by atoms with van der Waals surface area (Å²) in [5.74, 6) is -0.438. The highest BCUT2D eigenvalue weighted by atomic mass is 35.5. The Bertz CT molecular complexity index is 727. The number of anilines is 1. The Morgan fingerprint density at radius 1 is 1.09 bits per heavy atom. The lowest BCUT2D eigenvalue weighted by Gasteiger charge is -2.10. The standard InChI is InChI=1S/C17H14Cl3NO2/c1-2-23-17(22)14(11-3-5-12(18)6-4-11)10-21-16-8-7-13(19)9-15(16)20/h3-10,21H,2H2,1H3/b14-10-. The fraction of sp³-hybridized carbons (Fsp3) is 0.118. The number of hydrogen-bond acceptors (Lipinski definition) is 3. The summed E-state index contributed by atoms with van der Waals surface area (Å²) in [5, 5.41) is 4.58. The first-order chi connectivity index (χ1) is 11.0. The van der Waals surface area contributed by atoms with Crippen molar-refractivity contribution in [3.8, 4) is 0 Å². The minimum Gasteiger partial charge on any atom is -0.462 e. The zero-order valence-electron chi connectivity index (χ0n) is 12.3. The maximum Gasteiger partial charge on any atom is 0.340 e. The topological polar surface area (TPSA) is 38.3 Å². The van der Waals surface area contributed by atoms with Gasteiger partial charge in [0.2, 0.25) is 0 Å². The number of halogens is 3. The van der Waals surface area contributed by atoms with Gasteiger partial charge in [0, 0.05) is 16.2 Å². The molecule has 0 atom stereocenters. The summed E-state index contributed by atoms with van der Waals surface area (Å²) in [5.41, 5.74) is 1.69. The number of benzene rings is 2. The molecule has 6 heteroatoms. The molecule has 0 saturated carbocycles. The highest BCUT2D eigenvalue weighted by Gasteiger charge is 2.13. The molecule has 0 amide bonds. The van der Waals surface area contributed by atoms with E-state index >= 15 is 0 Å². The van der Waals surface area contributed by atoms with Gasteiger partial charge in [-0.3, -0.25) is 0 Å². The van der Waals surface area contributed by atoms with Crippen LogP contribution in [0.15, 0.2) is 48.7 Å². The second-order valence-corrected chi connectivity index (χ2v) is 5.83. The first kappa shape index (κ1) is 17.7. The molecule has 0 aliphatic rings. The molecule has 0 heterocycles. The maximum absolute atomic E-state index is 12.2. The summed E-state index contributed by atoms with van der Waals surface area (Å²) < 4.78 is 5.09. The Kier molecular flexibility index (Phi) is 6.34. The van der Waals surface area contributed by atoms with Gasteiger partial charge < -0.3 is 10.1 Å². The largest absolute Gasteiger partial charge is 0.462 e. The van der Waals surface area contributed by atoms with Crippen molar-refractivity contribution < 1.29 is 9.53 Å². The van der Waals surface area contributed by atoms with Crippen molar-refractivity contribution in [2.45, 2.75) is 6.92 Å². The van der Waals surface area contributed by atoms with Crippen LogP contribution in [0, 0.1) is 0 Å². The van der Waals surface area contributed by atoms with Crippen LogP contribution in [0.4, 0.5) is 5.69 Å². The van der Waals surface area contributed by atoms with Crippen LogP contribution in [-0.2, 0) is 9.53 Å². The molecular weight excluding hydrogens is 357 g/mol. The Labute approximate surface area is 149 Å². The van der Waals surface area contributed by atoms with Crippen molar-refractivity contribution in [3.63, 3.8) is 0 Å². The van der Waals surface area contributed by atoms with Crippen LogP contribution in [0.1, 0.15) is 12.5 Å². The zero-order valence-corrected chi connectivity index (χ0v) is 14.5. The van der Waals surface area contributed by atoms with E-state index in [-0.39, 0.29) is 6.61 Å². The van der Waals surface area contributed by atoms with Gasteiger partial charge in [0.25, 0.3) is 0 Å².